The molecule has 2 atom stereocenters. The summed E-state index contributed by atoms with van der Waals surface area (Å²) in [5.74, 6) is 2.03. The third kappa shape index (κ3) is 3.56. The molecule has 0 radical (unpaired) electrons. The molecule has 2 unspecified atom stereocenters. The summed E-state index contributed by atoms with van der Waals surface area (Å²) in [6.07, 6.45) is 5.93. The lowest BCUT2D eigenvalue weighted by Gasteiger charge is -2.38. The monoisotopic (exact) mass is 264 g/mol. The van der Waals surface area contributed by atoms with Crippen LogP contribution in [0.2, 0.25) is 0 Å². The van der Waals surface area contributed by atoms with Crippen LogP contribution in [-0.4, -0.2) is 35.2 Å². The van der Waals surface area contributed by atoms with Crippen molar-refractivity contribution < 1.29 is 4.74 Å². The average molecular weight is 264 g/mol. The molecule has 2 rings (SSSR count). The fourth-order valence-corrected chi connectivity index (χ4v) is 2.47. The Labute approximate surface area is 115 Å². The first-order valence-electron chi connectivity index (χ1n) is 7.05. The second-order valence-corrected chi connectivity index (χ2v) is 5.56. The highest BCUT2D eigenvalue weighted by Gasteiger charge is 2.26. The van der Waals surface area contributed by atoms with Crippen molar-refractivity contribution in [1.82, 2.24) is 9.97 Å². The molecule has 1 fully saturated rings. The zero-order valence-corrected chi connectivity index (χ0v) is 12.0. The van der Waals surface area contributed by atoms with E-state index >= 15 is 0 Å². The van der Waals surface area contributed by atoms with Crippen molar-refractivity contribution in [3.63, 3.8) is 0 Å². The van der Waals surface area contributed by atoms with Crippen molar-refractivity contribution in [2.45, 2.75) is 45.8 Å². The third-order valence-corrected chi connectivity index (χ3v) is 3.56. The van der Waals surface area contributed by atoms with Crippen LogP contribution < -0.4 is 15.4 Å². The molecule has 2 N–H and O–H groups in total. The van der Waals surface area contributed by atoms with Crippen LogP contribution in [0.25, 0.3) is 0 Å². The van der Waals surface area contributed by atoms with Crippen molar-refractivity contribution in [2.75, 3.05) is 18.0 Å². The largest absolute Gasteiger partial charge is 0.474 e. The predicted octanol–water partition coefficient (Wildman–Crippen LogP) is 1.83. The van der Waals surface area contributed by atoms with Gasteiger partial charge in [0.25, 0.3) is 0 Å². The maximum Gasteiger partial charge on any atom is 0.234 e. The maximum atomic E-state index is 5.80. The number of anilines is 1. The minimum Gasteiger partial charge on any atom is -0.474 e. The Morgan fingerprint density at radius 3 is 2.89 bits per heavy atom. The molecule has 1 aromatic rings. The Hall–Kier alpha value is -1.36. The lowest BCUT2D eigenvalue weighted by molar-refractivity contribution is 0.231. The summed E-state index contributed by atoms with van der Waals surface area (Å²) in [5, 5.41) is 0. The van der Waals surface area contributed by atoms with Gasteiger partial charge in [-0.1, -0.05) is 0 Å². The number of nitrogens with two attached hydrogens (primary N) is 1. The van der Waals surface area contributed by atoms with Crippen LogP contribution in [0.1, 0.15) is 33.6 Å². The minimum atomic E-state index is 0.111. The molecule has 19 heavy (non-hydrogen) atoms. The van der Waals surface area contributed by atoms with Gasteiger partial charge in [0.2, 0.25) is 5.88 Å². The van der Waals surface area contributed by atoms with Gasteiger partial charge >= 0.3 is 0 Å². The molecular formula is C14H24N4O. The molecule has 1 aliphatic rings. The van der Waals surface area contributed by atoms with Crippen molar-refractivity contribution in [3.05, 3.63) is 12.4 Å². The molecule has 0 spiro atoms. The van der Waals surface area contributed by atoms with Crippen LogP contribution in [0.5, 0.6) is 5.88 Å². The SMILES string of the molecule is CC(C)Oc1cncc(N2CC(CN)CCC2C)n1. The number of hydrogen-bond donors (Lipinski definition) is 1. The first kappa shape index (κ1) is 14.1. The summed E-state index contributed by atoms with van der Waals surface area (Å²) >= 11 is 0. The van der Waals surface area contributed by atoms with E-state index in [1.165, 1.54) is 6.42 Å². The van der Waals surface area contributed by atoms with E-state index in [1.807, 2.05) is 20.0 Å². The number of piperidine rings is 1. The maximum absolute atomic E-state index is 5.80. The zero-order chi connectivity index (χ0) is 13.8. The van der Waals surface area contributed by atoms with Gasteiger partial charge in [-0.15, -0.1) is 0 Å². The van der Waals surface area contributed by atoms with Gasteiger partial charge < -0.3 is 15.4 Å². The summed E-state index contributed by atoms with van der Waals surface area (Å²) in [7, 11) is 0. The van der Waals surface area contributed by atoms with Crippen molar-refractivity contribution in [1.29, 1.82) is 0 Å². The summed E-state index contributed by atoms with van der Waals surface area (Å²) in [6, 6.07) is 0.478. The molecule has 0 saturated carbocycles. The van der Waals surface area contributed by atoms with Gasteiger partial charge in [0, 0.05) is 12.6 Å². The fourth-order valence-electron chi connectivity index (χ4n) is 2.47. The number of rotatable bonds is 4. The highest BCUT2D eigenvalue weighted by Crippen LogP contribution is 2.26. The van der Waals surface area contributed by atoms with Crippen LogP contribution in [0.15, 0.2) is 12.4 Å². The van der Waals surface area contributed by atoms with Crippen molar-refractivity contribution in [3.8, 4) is 5.88 Å². The van der Waals surface area contributed by atoms with E-state index in [2.05, 4.69) is 21.8 Å². The number of hydrogen-bond acceptors (Lipinski definition) is 5. The molecular weight excluding hydrogens is 240 g/mol. The molecule has 5 nitrogen and oxygen atoms in total. The standard InChI is InChI=1S/C14H24N4O/c1-10(2)19-14-8-16-7-13(17-14)18-9-12(6-15)5-4-11(18)3/h7-8,10-12H,4-6,9,15H2,1-3H3. The lowest BCUT2D eigenvalue weighted by atomic mass is 9.94. The van der Waals surface area contributed by atoms with Gasteiger partial charge in [-0.2, -0.15) is 4.98 Å². The summed E-state index contributed by atoms with van der Waals surface area (Å²) in [5.41, 5.74) is 5.80. The topological polar surface area (TPSA) is 64.3 Å². The van der Waals surface area contributed by atoms with Gasteiger partial charge in [0.1, 0.15) is 0 Å². The smallest absolute Gasteiger partial charge is 0.234 e. The molecule has 0 aliphatic carbocycles. The summed E-state index contributed by atoms with van der Waals surface area (Å²) in [4.78, 5) is 11.1. The van der Waals surface area contributed by atoms with Gasteiger partial charge in [0.15, 0.2) is 5.82 Å². The molecule has 1 saturated heterocycles. The van der Waals surface area contributed by atoms with E-state index in [-0.39, 0.29) is 6.10 Å². The van der Waals surface area contributed by atoms with E-state index in [0.717, 1.165) is 25.3 Å². The third-order valence-electron chi connectivity index (χ3n) is 3.56. The second-order valence-electron chi connectivity index (χ2n) is 5.56. The molecule has 5 heteroatoms. The first-order valence-corrected chi connectivity index (χ1v) is 7.05. The van der Waals surface area contributed by atoms with E-state index in [9.17, 15) is 0 Å². The number of nitrogens with zero attached hydrogens (tertiary/aromatic N) is 3. The van der Waals surface area contributed by atoms with Gasteiger partial charge in [-0.25, -0.2) is 0 Å². The predicted molar refractivity (Wildman–Crippen MR) is 76.4 cm³/mol. The molecule has 0 aromatic carbocycles. The second kappa shape index (κ2) is 6.19. The quantitative estimate of drug-likeness (QED) is 0.898. The molecule has 2 heterocycles. The van der Waals surface area contributed by atoms with Crippen LogP contribution in [-0.2, 0) is 0 Å². The Bertz CT molecular complexity index is 410. The number of aromatic nitrogens is 2. The van der Waals surface area contributed by atoms with E-state index in [4.69, 9.17) is 10.5 Å². The summed E-state index contributed by atoms with van der Waals surface area (Å²) < 4.78 is 5.61. The normalized spacial score (nSPS) is 23.7. The van der Waals surface area contributed by atoms with Crippen LogP contribution in [0.3, 0.4) is 0 Å². The van der Waals surface area contributed by atoms with Gasteiger partial charge in [0.05, 0.1) is 18.5 Å². The molecule has 1 aliphatic heterocycles. The fraction of sp³-hybridized carbons (Fsp3) is 0.714. The van der Waals surface area contributed by atoms with E-state index < -0.39 is 0 Å². The number of ether oxygens (including phenoxy) is 1. The van der Waals surface area contributed by atoms with Crippen molar-refractivity contribution >= 4 is 5.82 Å². The van der Waals surface area contributed by atoms with E-state index in [1.54, 1.807) is 6.20 Å². The van der Waals surface area contributed by atoms with Crippen LogP contribution >= 0.6 is 0 Å². The zero-order valence-electron chi connectivity index (χ0n) is 12.0. The Balaban J connectivity index is 2.15. The van der Waals surface area contributed by atoms with Gasteiger partial charge in [-0.3, -0.25) is 4.98 Å². The minimum absolute atomic E-state index is 0.111. The van der Waals surface area contributed by atoms with Crippen LogP contribution in [0, 0.1) is 5.92 Å². The Morgan fingerprint density at radius 2 is 2.21 bits per heavy atom. The van der Waals surface area contributed by atoms with Gasteiger partial charge in [-0.05, 0) is 46.1 Å². The molecule has 1 aromatic heterocycles. The Morgan fingerprint density at radius 1 is 1.42 bits per heavy atom. The molecule has 0 bridgehead atoms. The average Bonchev–Trinajstić information content (AvgIpc) is 2.39. The highest BCUT2D eigenvalue weighted by atomic mass is 16.5. The highest BCUT2D eigenvalue weighted by molar-refractivity contribution is 5.39. The molecule has 0 amide bonds. The molecule has 106 valence electrons. The van der Waals surface area contributed by atoms with Crippen LogP contribution in [0.4, 0.5) is 5.82 Å². The lowest BCUT2D eigenvalue weighted by Crippen LogP contribution is -2.44. The van der Waals surface area contributed by atoms with Crippen molar-refractivity contribution in [2.24, 2.45) is 11.7 Å². The first-order chi connectivity index (χ1) is 9.10. The van der Waals surface area contributed by atoms with E-state index in [0.29, 0.717) is 17.8 Å². The Kier molecular flexibility index (Phi) is 4.58. The summed E-state index contributed by atoms with van der Waals surface area (Å²) in [6.45, 7) is 7.89.